The smallest absolute Gasteiger partial charge is 0.153 e. The highest BCUT2D eigenvalue weighted by molar-refractivity contribution is 6.31. The van der Waals surface area contributed by atoms with Crippen LogP contribution in [0, 0.1) is 0 Å². The van der Waals surface area contributed by atoms with Gasteiger partial charge >= 0.3 is 0 Å². The van der Waals surface area contributed by atoms with Gasteiger partial charge < -0.3 is 0 Å². The molecule has 0 spiro atoms. The third kappa shape index (κ3) is 1.93. The molecule has 0 amide bonds. The summed E-state index contributed by atoms with van der Waals surface area (Å²) >= 11 is 5.59. The van der Waals surface area contributed by atoms with Crippen molar-refractivity contribution in [1.29, 1.82) is 0 Å². The molecule has 0 saturated carbocycles. The highest BCUT2D eigenvalue weighted by atomic mass is 35.5. The fourth-order valence-corrected chi connectivity index (χ4v) is 0.869. The Bertz CT molecular complexity index is 291. The number of nitrogens with zero attached hydrogens (tertiary/aromatic N) is 1. The van der Waals surface area contributed by atoms with Crippen molar-refractivity contribution in [2.24, 2.45) is 0 Å². The predicted molar refractivity (Wildman–Crippen MR) is 45.3 cm³/mol. The van der Waals surface area contributed by atoms with Crippen LogP contribution < -0.4 is 5.48 Å². The molecule has 12 heavy (non-hydrogen) atoms. The van der Waals surface area contributed by atoms with Gasteiger partial charge in [-0.05, 0) is 6.07 Å². The Morgan fingerprint density at radius 2 is 2.50 bits per heavy atom. The Kier molecular flexibility index (Phi) is 3.01. The summed E-state index contributed by atoms with van der Waals surface area (Å²) < 4.78 is 0. The highest BCUT2D eigenvalue weighted by Gasteiger charge is 2.01. The van der Waals surface area contributed by atoms with Crippen LogP contribution in [0.4, 0.5) is 5.69 Å². The van der Waals surface area contributed by atoms with Crippen LogP contribution in [-0.2, 0) is 4.84 Å². The van der Waals surface area contributed by atoms with Crippen LogP contribution in [0.5, 0.6) is 0 Å². The Hall–Kier alpha value is -1.13. The molecule has 64 valence electrons. The molecule has 4 nitrogen and oxygen atoms in total. The summed E-state index contributed by atoms with van der Waals surface area (Å²) in [5.74, 6) is 0. The van der Waals surface area contributed by atoms with Gasteiger partial charge in [0.25, 0.3) is 0 Å². The van der Waals surface area contributed by atoms with Gasteiger partial charge in [-0.15, -0.1) is 0 Å². The molecule has 0 saturated heterocycles. The minimum absolute atomic E-state index is 0.187. The number of nitrogens with one attached hydrogen (secondary N) is 1. The molecular weight excluding hydrogens is 180 g/mol. The number of halogens is 1. The second kappa shape index (κ2) is 4.04. The van der Waals surface area contributed by atoms with E-state index in [9.17, 15) is 4.79 Å². The van der Waals surface area contributed by atoms with Crippen molar-refractivity contribution in [3.63, 3.8) is 0 Å². The van der Waals surface area contributed by atoms with Gasteiger partial charge in [-0.1, -0.05) is 11.6 Å². The van der Waals surface area contributed by atoms with Crippen LogP contribution in [0.1, 0.15) is 10.4 Å². The van der Waals surface area contributed by atoms with Crippen molar-refractivity contribution in [2.75, 3.05) is 12.6 Å². The summed E-state index contributed by atoms with van der Waals surface area (Å²) in [6.45, 7) is 0. The first-order chi connectivity index (χ1) is 5.77. The Morgan fingerprint density at radius 3 is 3.08 bits per heavy atom. The van der Waals surface area contributed by atoms with E-state index in [0.29, 0.717) is 17.5 Å². The first-order valence-corrected chi connectivity index (χ1v) is 3.55. The zero-order valence-corrected chi connectivity index (χ0v) is 7.13. The maximum Gasteiger partial charge on any atom is 0.153 e. The first kappa shape index (κ1) is 8.96. The number of carbonyl (C=O) groups excluding carboxylic acids is 1. The monoisotopic (exact) mass is 186 g/mol. The van der Waals surface area contributed by atoms with Gasteiger partial charge in [0.1, 0.15) is 5.15 Å². The maximum absolute atomic E-state index is 10.4. The van der Waals surface area contributed by atoms with E-state index >= 15 is 0 Å². The predicted octanol–water partition coefficient (Wildman–Crippen LogP) is 1.52. The van der Waals surface area contributed by atoms with Crippen molar-refractivity contribution < 1.29 is 9.63 Å². The first-order valence-electron chi connectivity index (χ1n) is 3.17. The lowest BCUT2D eigenvalue weighted by atomic mass is 10.3. The molecule has 0 fully saturated rings. The molecule has 0 aliphatic heterocycles. The van der Waals surface area contributed by atoms with Crippen LogP contribution in [0.15, 0.2) is 12.3 Å². The normalized spacial score (nSPS) is 9.50. The number of hydrogen-bond acceptors (Lipinski definition) is 4. The second-order valence-corrected chi connectivity index (χ2v) is 2.39. The average molecular weight is 187 g/mol. The SMILES string of the molecule is CONc1cnc(Cl)c(C=O)c1. The minimum atomic E-state index is 0.187. The fraction of sp³-hybridized carbons (Fsp3) is 0.143. The van der Waals surface area contributed by atoms with Gasteiger partial charge in [0, 0.05) is 0 Å². The van der Waals surface area contributed by atoms with Gasteiger partial charge in [0.2, 0.25) is 0 Å². The number of aromatic nitrogens is 1. The van der Waals surface area contributed by atoms with Crippen molar-refractivity contribution in [3.05, 3.63) is 23.0 Å². The largest absolute Gasteiger partial charge is 0.298 e. The zero-order valence-electron chi connectivity index (χ0n) is 6.37. The molecule has 0 radical (unpaired) electrons. The Morgan fingerprint density at radius 1 is 1.75 bits per heavy atom. The van der Waals surface area contributed by atoms with Crippen LogP contribution in [0.25, 0.3) is 0 Å². The molecule has 5 heteroatoms. The van der Waals surface area contributed by atoms with E-state index in [1.807, 2.05) is 0 Å². The zero-order chi connectivity index (χ0) is 8.97. The number of anilines is 1. The quantitative estimate of drug-likeness (QED) is 0.442. The second-order valence-electron chi connectivity index (χ2n) is 2.03. The molecule has 0 aliphatic carbocycles. The van der Waals surface area contributed by atoms with E-state index < -0.39 is 0 Å². The van der Waals surface area contributed by atoms with Crippen LogP contribution in [0.2, 0.25) is 5.15 Å². The molecule has 1 rings (SSSR count). The average Bonchev–Trinajstić information content (AvgIpc) is 2.09. The molecule has 1 N–H and O–H groups in total. The third-order valence-corrected chi connectivity index (χ3v) is 1.53. The summed E-state index contributed by atoms with van der Waals surface area (Å²) in [5.41, 5.74) is 3.45. The number of hydrogen-bond donors (Lipinski definition) is 1. The number of pyridine rings is 1. The van der Waals surface area contributed by atoms with Gasteiger partial charge in [-0.2, -0.15) is 0 Å². The highest BCUT2D eigenvalue weighted by Crippen LogP contribution is 2.14. The lowest BCUT2D eigenvalue weighted by Crippen LogP contribution is -1.97. The summed E-state index contributed by atoms with van der Waals surface area (Å²) in [5, 5.41) is 0.187. The third-order valence-electron chi connectivity index (χ3n) is 1.21. The molecule has 0 unspecified atom stereocenters. The van der Waals surface area contributed by atoms with E-state index in [1.54, 1.807) is 6.07 Å². The van der Waals surface area contributed by atoms with E-state index in [1.165, 1.54) is 13.3 Å². The number of carbonyl (C=O) groups is 1. The van der Waals surface area contributed by atoms with Crippen molar-refractivity contribution in [3.8, 4) is 0 Å². The van der Waals surface area contributed by atoms with Gasteiger partial charge in [0.15, 0.2) is 6.29 Å². The summed E-state index contributed by atoms with van der Waals surface area (Å²) in [4.78, 5) is 18.8. The van der Waals surface area contributed by atoms with E-state index in [0.717, 1.165) is 0 Å². The topological polar surface area (TPSA) is 51.2 Å². The molecule has 1 aromatic heterocycles. The lowest BCUT2D eigenvalue weighted by molar-refractivity contribution is 0.112. The van der Waals surface area contributed by atoms with Crippen LogP contribution >= 0.6 is 11.6 Å². The molecular formula is C7H7ClN2O2. The van der Waals surface area contributed by atoms with Crippen molar-refractivity contribution in [1.82, 2.24) is 4.98 Å². The Labute approximate surface area is 74.5 Å². The summed E-state index contributed by atoms with van der Waals surface area (Å²) in [6, 6.07) is 1.55. The molecule has 0 atom stereocenters. The van der Waals surface area contributed by atoms with Crippen LogP contribution in [-0.4, -0.2) is 18.4 Å². The van der Waals surface area contributed by atoms with Gasteiger partial charge in [-0.3, -0.25) is 15.1 Å². The summed E-state index contributed by atoms with van der Waals surface area (Å²) in [7, 11) is 1.47. The standard InChI is InChI=1S/C7H7ClN2O2/c1-12-10-6-2-5(4-11)7(8)9-3-6/h2-4,10H,1H3. The summed E-state index contributed by atoms with van der Waals surface area (Å²) in [6.07, 6.45) is 2.11. The van der Waals surface area contributed by atoms with E-state index in [2.05, 4.69) is 15.3 Å². The van der Waals surface area contributed by atoms with E-state index in [-0.39, 0.29) is 5.15 Å². The van der Waals surface area contributed by atoms with Crippen LogP contribution in [0.3, 0.4) is 0 Å². The molecule has 0 aromatic carbocycles. The maximum atomic E-state index is 10.4. The minimum Gasteiger partial charge on any atom is -0.298 e. The van der Waals surface area contributed by atoms with Gasteiger partial charge in [-0.25, -0.2) is 4.98 Å². The van der Waals surface area contributed by atoms with Crippen molar-refractivity contribution in [2.45, 2.75) is 0 Å². The number of aldehydes is 1. The van der Waals surface area contributed by atoms with E-state index in [4.69, 9.17) is 11.6 Å². The molecule has 1 aromatic rings. The fourth-order valence-electron chi connectivity index (χ4n) is 0.721. The van der Waals surface area contributed by atoms with Crippen molar-refractivity contribution >= 4 is 23.6 Å². The Balaban J connectivity index is 2.96. The lowest BCUT2D eigenvalue weighted by Gasteiger charge is -2.02. The number of rotatable bonds is 3. The molecule has 0 aliphatic rings. The molecule has 0 bridgehead atoms. The molecule has 1 heterocycles. The van der Waals surface area contributed by atoms with Gasteiger partial charge in [0.05, 0.1) is 24.6 Å².